The predicted molar refractivity (Wildman–Crippen MR) is 87.9 cm³/mol. The summed E-state index contributed by atoms with van der Waals surface area (Å²) in [6.45, 7) is 4.99. The average Bonchev–Trinajstić information content (AvgIpc) is 2.87. The van der Waals surface area contributed by atoms with Crippen molar-refractivity contribution in [2.24, 2.45) is 5.73 Å². The molecule has 0 fully saturated rings. The highest BCUT2D eigenvalue weighted by atomic mass is 32.1. The molecule has 4 heteroatoms. The normalized spacial score (nSPS) is 14.4. The van der Waals surface area contributed by atoms with Crippen LogP contribution in [0.5, 0.6) is 0 Å². The molecular formula is C17H23FN2S. The van der Waals surface area contributed by atoms with Crippen LogP contribution in [0.1, 0.15) is 34.7 Å². The first-order chi connectivity index (χ1) is 10.0. The second-order valence-electron chi connectivity index (χ2n) is 5.51. The number of thiophene rings is 1. The van der Waals surface area contributed by atoms with E-state index in [1.807, 2.05) is 12.1 Å². The Balaban J connectivity index is 2.18. The van der Waals surface area contributed by atoms with Gasteiger partial charge in [-0.05, 0) is 50.2 Å². The Morgan fingerprint density at radius 1 is 1.19 bits per heavy atom. The largest absolute Gasteiger partial charge is 0.326 e. The van der Waals surface area contributed by atoms with E-state index in [9.17, 15) is 4.39 Å². The molecule has 0 amide bonds. The lowest BCUT2D eigenvalue weighted by atomic mass is 10.0. The van der Waals surface area contributed by atoms with E-state index in [-0.39, 0.29) is 17.9 Å². The van der Waals surface area contributed by atoms with Crippen LogP contribution in [-0.2, 0) is 6.54 Å². The van der Waals surface area contributed by atoms with E-state index in [2.05, 4.69) is 37.9 Å². The van der Waals surface area contributed by atoms with Crippen LogP contribution in [0.25, 0.3) is 0 Å². The molecular weight excluding hydrogens is 283 g/mol. The molecule has 2 N–H and O–H groups in total. The third-order valence-corrected chi connectivity index (χ3v) is 4.82. The monoisotopic (exact) mass is 306 g/mol. The number of likely N-dealkylation sites (N-methyl/N-ethyl adjacent to an activating group) is 1. The summed E-state index contributed by atoms with van der Waals surface area (Å²) in [7, 11) is 2.08. The Morgan fingerprint density at radius 3 is 2.38 bits per heavy atom. The lowest BCUT2D eigenvalue weighted by Crippen LogP contribution is -2.38. The van der Waals surface area contributed by atoms with Crippen molar-refractivity contribution in [1.82, 2.24) is 4.90 Å². The molecule has 114 valence electrons. The lowest BCUT2D eigenvalue weighted by Gasteiger charge is -2.31. The van der Waals surface area contributed by atoms with E-state index < -0.39 is 0 Å². The van der Waals surface area contributed by atoms with E-state index in [0.717, 1.165) is 18.5 Å². The van der Waals surface area contributed by atoms with Gasteiger partial charge in [0.2, 0.25) is 0 Å². The Morgan fingerprint density at radius 2 is 1.86 bits per heavy atom. The number of nitrogens with two attached hydrogens (primary N) is 1. The molecule has 0 radical (unpaired) electrons. The molecule has 21 heavy (non-hydrogen) atoms. The summed E-state index contributed by atoms with van der Waals surface area (Å²) < 4.78 is 13.0. The van der Waals surface area contributed by atoms with E-state index in [1.165, 1.54) is 21.9 Å². The van der Waals surface area contributed by atoms with Gasteiger partial charge in [0.25, 0.3) is 0 Å². The van der Waals surface area contributed by atoms with Crippen molar-refractivity contribution in [2.45, 2.75) is 38.9 Å². The fourth-order valence-corrected chi connectivity index (χ4v) is 3.69. The number of aryl methyl sites for hydroxylation is 1. The van der Waals surface area contributed by atoms with Crippen LogP contribution in [0.3, 0.4) is 0 Å². The smallest absolute Gasteiger partial charge is 0.123 e. The number of rotatable bonds is 6. The molecule has 0 spiro atoms. The van der Waals surface area contributed by atoms with E-state index >= 15 is 0 Å². The Labute approximate surface area is 130 Å². The first-order valence-electron chi connectivity index (χ1n) is 7.28. The molecule has 2 rings (SSSR count). The zero-order chi connectivity index (χ0) is 15.4. The molecule has 0 aliphatic heterocycles. The number of halogens is 1. The van der Waals surface area contributed by atoms with Crippen molar-refractivity contribution in [1.29, 1.82) is 0 Å². The molecule has 2 atom stereocenters. The van der Waals surface area contributed by atoms with Crippen LogP contribution < -0.4 is 5.73 Å². The quantitative estimate of drug-likeness (QED) is 0.870. The summed E-state index contributed by atoms with van der Waals surface area (Å²) in [6.07, 6.45) is 0.926. The number of hydrogen-bond acceptors (Lipinski definition) is 3. The molecule has 1 aromatic heterocycles. The van der Waals surface area contributed by atoms with Gasteiger partial charge in [0.05, 0.1) is 6.04 Å². The Bertz CT molecular complexity index is 564. The van der Waals surface area contributed by atoms with Gasteiger partial charge in [-0.3, -0.25) is 4.90 Å². The fourth-order valence-electron chi connectivity index (χ4n) is 2.57. The fraction of sp³-hybridized carbons (Fsp3) is 0.412. The van der Waals surface area contributed by atoms with Crippen LogP contribution in [0.15, 0.2) is 36.4 Å². The van der Waals surface area contributed by atoms with Gasteiger partial charge < -0.3 is 5.73 Å². The van der Waals surface area contributed by atoms with Crippen molar-refractivity contribution in [3.05, 3.63) is 57.5 Å². The van der Waals surface area contributed by atoms with Gasteiger partial charge in [-0.2, -0.15) is 0 Å². The molecule has 0 aliphatic rings. The maximum atomic E-state index is 13.0. The van der Waals surface area contributed by atoms with Crippen molar-refractivity contribution < 1.29 is 4.39 Å². The highest BCUT2D eigenvalue weighted by Crippen LogP contribution is 2.30. The second kappa shape index (κ2) is 7.16. The Hall–Kier alpha value is -1.23. The van der Waals surface area contributed by atoms with Crippen LogP contribution >= 0.6 is 11.3 Å². The van der Waals surface area contributed by atoms with Gasteiger partial charge in [-0.25, -0.2) is 4.39 Å². The zero-order valence-electron chi connectivity index (χ0n) is 12.8. The zero-order valence-corrected chi connectivity index (χ0v) is 13.7. The summed E-state index contributed by atoms with van der Waals surface area (Å²) in [6, 6.07) is 11.3. The van der Waals surface area contributed by atoms with Gasteiger partial charge >= 0.3 is 0 Å². The summed E-state index contributed by atoms with van der Waals surface area (Å²) in [5.74, 6) is -0.197. The van der Waals surface area contributed by atoms with Gasteiger partial charge in [0.15, 0.2) is 0 Å². The molecule has 2 nitrogen and oxygen atoms in total. The minimum absolute atomic E-state index is 0.0912. The molecule has 2 aromatic rings. The minimum Gasteiger partial charge on any atom is -0.326 e. The molecule has 1 aromatic carbocycles. The maximum absolute atomic E-state index is 13.0. The Kier molecular flexibility index (Phi) is 5.51. The van der Waals surface area contributed by atoms with Gasteiger partial charge in [-0.15, -0.1) is 11.3 Å². The molecule has 0 bridgehead atoms. The topological polar surface area (TPSA) is 29.3 Å². The van der Waals surface area contributed by atoms with Crippen LogP contribution in [-0.4, -0.2) is 18.0 Å². The van der Waals surface area contributed by atoms with Gasteiger partial charge in [0, 0.05) is 22.3 Å². The van der Waals surface area contributed by atoms with Crippen LogP contribution in [0.4, 0.5) is 4.39 Å². The average molecular weight is 306 g/mol. The van der Waals surface area contributed by atoms with Crippen molar-refractivity contribution >= 4 is 11.3 Å². The number of hydrogen-bond donors (Lipinski definition) is 1. The van der Waals surface area contributed by atoms with Crippen molar-refractivity contribution in [3.8, 4) is 0 Å². The predicted octanol–water partition coefficient (Wildman–Crippen LogP) is 4.11. The summed E-state index contributed by atoms with van der Waals surface area (Å²) >= 11 is 1.80. The summed E-state index contributed by atoms with van der Waals surface area (Å²) in [5, 5.41) is 0. The van der Waals surface area contributed by atoms with Gasteiger partial charge in [0.1, 0.15) is 5.82 Å². The SMILES string of the molecule is CCC(N)C(c1ccc(C)s1)N(C)Cc1ccc(F)cc1. The first-order valence-corrected chi connectivity index (χ1v) is 8.09. The van der Waals surface area contributed by atoms with E-state index in [0.29, 0.717) is 0 Å². The second-order valence-corrected chi connectivity index (χ2v) is 6.83. The molecule has 0 saturated heterocycles. The van der Waals surface area contributed by atoms with Crippen molar-refractivity contribution in [2.75, 3.05) is 7.05 Å². The lowest BCUT2D eigenvalue weighted by molar-refractivity contribution is 0.205. The van der Waals surface area contributed by atoms with Crippen molar-refractivity contribution in [3.63, 3.8) is 0 Å². The number of nitrogens with zero attached hydrogens (tertiary/aromatic N) is 1. The van der Waals surface area contributed by atoms with E-state index in [1.54, 1.807) is 11.3 Å². The summed E-state index contributed by atoms with van der Waals surface area (Å²) in [5.41, 5.74) is 7.44. The van der Waals surface area contributed by atoms with E-state index in [4.69, 9.17) is 5.73 Å². The molecule has 1 heterocycles. The summed E-state index contributed by atoms with van der Waals surface area (Å²) in [4.78, 5) is 4.85. The van der Waals surface area contributed by atoms with Gasteiger partial charge in [-0.1, -0.05) is 19.1 Å². The van der Waals surface area contributed by atoms with Crippen LogP contribution in [0, 0.1) is 12.7 Å². The van der Waals surface area contributed by atoms with Crippen LogP contribution in [0.2, 0.25) is 0 Å². The maximum Gasteiger partial charge on any atom is 0.123 e. The number of benzene rings is 1. The standard InChI is InChI=1S/C17H23FN2S/c1-4-15(19)17(16-10-5-12(2)21-16)20(3)11-13-6-8-14(18)9-7-13/h5-10,15,17H,4,11,19H2,1-3H3. The first kappa shape index (κ1) is 16.1. The third-order valence-electron chi connectivity index (χ3n) is 3.75. The molecule has 2 unspecified atom stereocenters. The molecule has 0 aliphatic carbocycles. The highest BCUT2D eigenvalue weighted by Gasteiger charge is 2.24. The molecule has 0 saturated carbocycles. The minimum atomic E-state index is -0.197. The third kappa shape index (κ3) is 4.13. The highest BCUT2D eigenvalue weighted by molar-refractivity contribution is 7.12.